The van der Waals surface area contributed by atoms with Crippen LogP contribution in [0.5, 0.6) is 0 Å². The fourth-order valence-electron chi connectivity index (χ4n) is 2.89. The molecule has 1 fully saturated rings. The Balaban J connectivity index is 1.84. The van der Waals surface area contributed by atoms with Crippen LogP contribution >= 0.6 is 0 Å². The zero-order valence-electron chi connectivity index (χ0n) is 14.2. The Morgan fingerprint density at radius 1 is 1.13 bits per heavy atom. The molecule has 1 aromatic rings. The second kappa shape index (κ2) is 7.99. The third-order valence-corrected chi connectivity index (χ3v) is 4.55. The summed E-state index contributed by atoms with van der Waals surface area (Å²) in [6, 6.07) is 5.24. The molecular formula is C18H27N3O2. The van der Waals surface area contributed by atoms with Crippen molar-refractivity contribution in [2.75, 3.05) is 5.32 Å². The molecule has 0 spiro atoms. The van der Waals surface area contributed by atoms with Crippen LogP contribution in [-0.4, -0.2) is 24.0 Å². The fourth-order valence-corrected chi connectivity index (χ4v) is 2.89. The zero-order valence-corrected chi connectivity index (χ0v) is 14.2. The highest BCUT2D eigenvalue weighted by molar-refractivity contribution is 5.98. The first kappa shape index (κ1) is 17.3. The molecule has 1 atom stereocenters. The van der Waals surface area contributed by atoms with Crippen LogP contribution in [0.1, 0.15) is 50.2 Å². The van der Waals surface area contributed by atoms with Crippen molar-refractivity contribution in [3.8, 4) is 0 Å². The fraction of sp³-hybridized carbons (Fsp3) is 0.556. The van der Waals surface area contributed by atoms with Crippen LogP contribution in [0.15, 0.2) is 18.2 Å². The first-order valence-electron chi connectivity index (χ1n) is 8.41. The molecule has 0 bridgehead atoms. The molecule has 0 unspecified atom stereocenters. The highest BCUT2D eigenvalue weighted by atomic mass is 16.2. The van der Waals surface area contributed by atoms with E-state index in [-0.39, 0.29) is 11.9 Å². The first-order valence-corrected chi connectivity index (χ1v) is 8.41. The van der Waals surface area contributed by atoms with Crippen LogP contribution < -0.4 is 16.0 Å². The largest absolute Gasteiger partial charge is 0.374 e. The smallest absolute Gasteiger partial charge is 0.321 e. The van der Waals surface area contributed by atoms with Crippen LogP contribution in [-0.2, 0) is 4.79 Å². The second-order valence-electron chi connectivity index (χ2n) is 6.41. The maximum absolute atomic E-state index is 12.2. The molecule has 1 aliphatic rings. The maximum Gasteiger partial charge on any atom is 0.321 e. The van der Waals surface area contributed by atoms with Gasteiger partial charge in [-0.05, 0) is 50.8 Å². The van der Waals surface area contributed by atoms with Crippen LogP contribution in [0.25, 0.3) is 0 Å². The molecule has 3 N–H and O–H groups in total. The van der Waals surface area contributed by atoms with E-state index in [1.54, 1.807) is 6.92 Å². The third-order valence-electron chi connectivity index (χ3n) is 4.55. The van der Waals surface area contributed by atoms with Gasteiger partial charge in [-0.25, -0.2) is 4.79 Å². The quantitative estimate of drug-likeness (QED) is 0.798. The summed E-state index contributed by atoms with van der Waals surface area (Å²) in [5.74, 6) is -0.320. The predicted octanol–water partition coefficient (Wildman–Crippen LogP) is 3.26. The minimum Gasteiger partial charge on any atom is -0.374 e. The molecule has 5 nitrogen and oxygen atoms in total. The molecule has 1 aromatic carbocycles. The lowest BCUT2D eigenvalue weighted by atomic mass is 9.96. The van der Waals surface area contributed by atoms with E-state index in [1.165, 1.54) is 6.42 Å². The molecule has 0 saturated heterocycles. The number of nitrogens with one attached hydrogen (secondary N) is 3. The van der Waals surface area contributed by atoms with Gasteiger partial charge in [0.2, 0.25) is 5.91 Å². The lowest BCUT2D eigenvalue weighted by molar-refractivity contribution is -0.120. The summed E-state index contributed by atoms with van der Waals surface area (Å²) in [4.78, 5) is 24.1. The summed E-state index contributed by atoms with van der Waals surface area (Å²) in [5, 5.41) is 8.49. The van der Waals surface area contributed by atoms with Gasteiger partial charge in [-0.15, -0.1) is 0 Å². The van der Waals surface area contributed by atoms with Crippen molar-refractivity contribution < 1.29 is 9.59 Å². The van der Waals surface area contributed by atoms with Gasteiger partial charge in [-0.3, -0.25) is 10.1 Å². The van der Waals surface area contributed by atoms with Crippen molar-refractivity contribution >= 4 is 17.6 Å². The molecule has 5 heteroatoms. The molecule has 3 amide bonds. The van der Waals surface area contributed by atoms with Gasteiger partial charge in [-0.2, -0.15) is 0 Å². The van der Waals surface area contributed by atoms with Gasteiger partial charge in [0.25, 0.3) is 0 Å². The van der Waals surface area contributed by atoms with E-state index in [1.807, 2.05) is 32.0 Å². The minimum atomic E-state index is -0.479. The molecule has 0 aromatic heterocycles. The number of rotatable bonds is 4. The lowest BCUT2D eigenvalue weighted by Crippen LogP contribution is -2.49. The summed E-state index contributed by atoms with van der Waals surface area (Å²) >= 11 is 0. The van der Waals surface area contributed by atoms with Crippen molar-refractivity contribution in [2.45, 2.75) is 65.0 Å². The van der Waals surface area contributed by atoms with Crippen molar-refractivity contribution in [2.24, 2.45) is 0 Å². The van der Waals surface area contributed by atoms with Gasteiger partial charge in [0.1, 0.15) is 6.04 Å². The molecule has 126 valence electrons. The number of aryl methyl sites for hydroxylation is 1. The summed E-state index contributed by atoms with van der Waals surface area (Å²) < 4.78 is 0. The molecule has 1 saturated carbocycles. The van der Waals surface area contributed by atoms with Gasteiger partial charge in [0.15, 0.2) is 0 Å². The number of urea groups is 1. The number of amides is 3. The molecule has 23 heavy (non-hydrogen) atoms. The first-order chi connectivity index (χ1) is 11.0. The monoisotopic (exact) mass is 317 g/mol. The average molecular weight is 317 g/mol. The van der Waals surface area contributed by atoms with E-state index < -0.39 is 12.1 Å². The Bertz CT molecular complexity index is 565. The Labute approximate surface area is 138 Å². The molecule has 2 rings (SSSR count). The van der Waals surface area contributed by atoms with Gasteiger partial charge in [0.05, 0.1) is 0 Å². The number of carbonyl (C=O) groups is 2. The standard InChI is InChI=1S/C18H27N3O2/c1-12-8-7-11-16(13(12)2)19-14(3)17(22)21-18(23)20-15-9-5-4-6-10-15/h7-8,11,14-15,19H,4-6,9-10H2,1-3H3,(H2,20,21,22,23)/t14-/m1/s1. The molecule has 0 heterocycles. The van der Waals surface area contributed by atoms with Gasteiger partial charge < -0.3 is 10.6 Å². The van der Waals surface area contributed by atoms with Gasteiger partial charge in [-0.1, -0.05) is 31.4 Å². The van der Waals surface area contributed by atoms with Gasteiger partial charge >= 0.3 is 6.03 Å². The average Bonchev–Trinajstić information content (AvgIpc) is 2.52. The number of hydrogen-bond acceptors (Lipinski definition) is 3. The SMILES string of the molecule is Cc1cccc(N[C@H](C)C(=O)NC(=O)NC2CCCCC2)c1C. The highest BCUT2D eigenvalue weighted by Gasteiger charge is 2.20. The summed E-state index contributed by atoms with van der Waals surface area (Å²) in [5.41, 5.74) is 3.19. The predicted molar refractivity (Wildman–Crippen MR) is 92.5 cm³/mol. The number of hydrogen-bond donors (Lipinski definition) is 3. The number of imide groups is 1. The third kappa shape index (κ3) is 4.98. The highest BCUT2D eigenvalue weighted by Crippen LogP contribution is 2.19. The van der Waals surface area contributed by atoms with E-state index in [0.29, 0.717) is 0 Å². The summed E-state index contributed by atoms with van der Waals surface area (Å²) in [7, 11) is 0. The van der Waals surface area contributed by atoms with Crippen LogP contribution in [0.4, 0.5) is 10.5 Å². The Kier molecular flexibility index (Phi) is 6.02. The Morgan fingerprint density at radius 2 is 1.83 bits per heavy atom. The number of anilines is 1. The van der Waals surface area contributed by atoms with Crippen LogP contribution in [0.2, 0.25) is 0 Å². The molecule has 0 aliphatic heterocycles. The van der Waals surface area contributed by atoms with E-state index >= 15 is 0 Å². The lowest BCUT2D eigenvalue weighted by Gasteiger charge is -2.23. The van der Waals surface area contributed by atoms with Crippen molar-refractivity contribution in [1.29, 1.82) is 0 Å². The zero-order chi connectivity index (χ0) is 16.8. The normalized spacial score (nSPS) is 16.5. The minimum absolute atomic E-state index is 0.193. The van der Waals surface area contributed by atoms with Crippen LogP contribution in [0, 0.1) is 13.8 Å². The van der Waals surface area contributed by atoms with E-state index in [4.69, 9.17) is 0 Å². The van der Waals surface area contributed by atoms with Crippen molar-refractivity contribution in [3.63, 3.8) is 0 Å². The Hall–Kier alpha value is -2.04. The second-order valence-corrected chi connectivity index (χ2v) is 6.41. The van der Waals surface area contributed by atoms with Crippen molar-refractivity contribution in [3.05, 3.63) is 29.3 Å². The maximum atomic E-state index is 12.2. The number of benzene rings is 1. The molecule has 0 radical (unpaired) electrons. The molecular weight excluding hydrogens is 290 g/mol. The van der Waals surface area contributed by atoms with Crippen LogP contribution in [0.3, 0.4) is 0 Å². The topological polar surface area (TPSA) is 70.2 Å². The Morgan fingerprint density at radius 3 is 2.52 bits per heavy atom. The van der Waals surface area contributed by atoms with E-state index in [0.717, 1.165) is 42.5 Å². The summed E-state index contributed by atoms with van der Waals surface area (Å²) in [6.07, 6.45) is 5.51. The summed E-state index contributed by atoms with van der Waals surface area (Å²) in [6.45, 7) is 5.80. The van der Waals surface area contributed by atoms with E-state index in [2.05, 4.69) is 16.0 Å². The van der Waals surface area contributed by atoms with Crippen molar-refractivity contribution in [1.82, 2.24) is 10.6 Å². The molecule has 1 aliphatic carbocycles. The number of carbonyl (C=O) groups excluding carboxylic acids is 2. The van der Waals surface area contributed by atoms with E-state index in [9.17, 15) is 9.59 Å². The van der Waals surface area contributed by atoms with Gasteiger partial charge in [0, 0.05) is 11.7 Å².